The van der Waals surface area contributed by atoms with Gasteiger partial charge in [0.05, 0.1) is 24.2 Å². The number of hydrogen-bond acceptors (Lipinski definition) is 5. The second kappa shape index (κ2) is 7.14. The van der Waals surface area contributed by atoms with Crippen molar-refractivity contribution < 1.29 is 9.53 Å². The summed E-state index contributed by atoms with van der Waals surface area (Å²) in [4.78, 5) is 20.5. The Morgan fingerprint density at radius 1 is 1.21 bits per heavy atom. The molecule has 6 nitrogen and oxygen atoms in total. The number of para-hydroxylation sites is 1. The number of carbonyl (C=O) groups excluding carboxylic acids is 1. The summed E-state index contributed by atoms with van der Waals surface area (Å²) in [6.45, 7) is 0.0741. The molecule has 0 fully saturated rings. The van der Waals surface area contributed by atoms with Crippen LogP contribution in [0.25, 0.3) is 10.9 Å². The van der Waals surface area contributed by atoms with Gasteiger partial charge in [-0.05, 0) is 30.3 Å². The molecule has 7 heteroatoms. The van der Waals surface area contributed by atoms with Gasteiger partial charge >= 0.3 is 0 Å². The smallest absolute Gasteiger partial charge is 0.243 e. The summed E-state index contributed by atoms with van der Waals surface area (Å²) in [6, 6.07) is 12.7. The van der Waals surface area contributed by atoms with Gasteiger partial charge in [-0.1, -0.05) is 23.7 Å². The molecule has 0 aliphatic carbocycles. The minimum absolute atomic E-state index is 0.0741. The number of nitrogens with zero attached hydrogens (tertiary/aromatic N) is 2. The van der Waals surface area contributed by atoms with E-state index in [9.17, 15) is 4.79 Å². The zero-order valence-corrected chi connectivity index (χ0v) is 13.7. The van der Waals surface area contributed by atoms with Gasteiger partial charge in [0.2, 0.25) is 5.91 Å². The summed E-state index contributed by atoms with van der Waals surface area (Å²) in [5.41, 5.74) is 1.41. The molecule has 1 amide bonds. The largest absolute Gasteiger partial charge is 0.495 e. The quantitative estimate of drug-likeness (QED) is 0.743. The number of carbonyl (C=O) groups is 1. The number of amides is 1. The molecule has 0 unspecified atom stereocenters. The lowest BCUT2D eigenvalue weighted by Crippen LogP contribution is -2.22. The van der Waals surface area contributed by atoms with E-state index in [4.69, 9.17) is 16.3 Å². The molecule has 3 rings (SSSR count). The average molecular weight is 343 g/mol. The van der Waals surface area contributed by atoms with Crippen LogP contribution in [-0.4, -0.2) is 29.5 Å². The van der Waals surface area contributed by atoms with E-state index in [1.165, 1.54) is 13.4 Å². The Hall–Kier alpha value is -2.86. The molecule has 0 saturated heterocycles. The van der Waals surface area contributed by atoms with Crippen LogP contribution in [0.1, 0.15) is 0 Å². The monoisotopic (exact) mass is 342 g/mol. The number of benzene rings is 2. The molecular weight excluding hydrogens is 328 g/mol. The van der Waals surface area contributed by atoms with Crippen LogP contribution in [-0.2, 0) is 4.79 Å². The molecule has 0 saturated carbocycles. The van der Waals surface area contributed by atoms with Gasteiger partial charge in [-0.3, -0.25) is 4.79 Å². The van der Waals surface area contributed by atoms with Crippen molar-refractivity contribution in [1.82, 2.24) is 9.97 Å². The minimum Gasteiger partial charge on any atom is -0.495 e. The second-order valence-corrected chi connectivity index (χ2v) is 5.40. The predicted molar refractivity (Wildman–Crippen MR) is 94.7 cm³/mol. The van der Waals surface area contributed by atoms with Crippen LogP contribution in [0.15, 0.2) is 48.8 Å². The molecule has 1 heterocycles. The third kappa shape index (κ3) is 3.55. The fourth-order valence-electron chi connectivity index (χ4n) is 2.26. The Labute approximate surface area is 143 Å². The Balaban J connectivity index is 1.66. The first kappa shape index (κ1) is 16.0. The normalized spacial score (nSPS) is 10.4. The predicted octanol–water partition coefficient (Wildman–Crippen LogP) is 3.34. The highest BCUT2D eigenvalue weighted by Crippen LogP contribution is 2.27. The van der Waals surface area contributed by atoms with E-state index in [-0.39, 0.29) is 12.5 Å². The molecule has 0 aliphatic heterocycles. The number of methoxy groups -OCH3 is 1. The fourth-order valence-corrected chi connectivity index (χ4v) is 2.52. The molecule has 0 aliphatic rings. The number of anilines is 2. The summed E-state index contributed by atoms with van der Waals surface area (Å²) in [5.74, 6) is 0.961. The van der Waals surface area contributed by atoms with E-state index in [0.717, 1.165) is 10.9 Å². The fraction of sp³-hybridized carbons (Fsp3) is 0.118. The number of hydrogen-bond donors (Lipinski definition) is 2. The van der Waals surface area contributed by atoms with Gasteiger partial charge in [0.15, 0.2) is 0 Å². The van der Waals surface area contributed by atoms with Crippen LogP contribution in [0.3, 0.4) is 0 Å². The molecule has 0 atom stereocenters. The van der Waals surface area contributed by atoms with Gasteiger partial charge in [0.1, 0.15) is 17.9 Å². The van der Waals surface area contributed by atoms with Gasteiger partial charge < -0.3 is 15.4 Å². The first-order valence-electron chi connectivity index (χ1n) is 7.24. The van der Waals surface area contributed by atoms with E-state index >= 15 is 0 Å². The van der Waals surface area contributed by atoms with E-state index in [1.54, 1.807) is 18.2 Å². The molecule has 1 aromatic heterocycles. The van der Waals surface area contributed by atoms with E-state index < -0.39 is 0 Å². The topological polar surface area (TPSA) is 76.1 Å². The standard InChI is InChI=1S/C17H15ClN4O2/c1-24-15-7-6-11(8-13(15)18)22-16(23)9-19-17-12-4-2-3-5-14(12)20-10-21-17/h2-8,10H,9H2,1H3,(H,22,23)(H,19,20,21). The third-order valence-electron chi connectivity index (χ3n) is 3.39. The van der Waals surface area contributed by atoms with Crippen molar-refractivity contribution in [3.05, 3.63) is 53.8 Å². The van der Waals surface area contributed by atoms with Crippen molar-refractivity contribution in [3.8, 4) is 5.75 Å². The third-order valence-corrected chi connectivity index (χ3v) is 3.69. The maximum atomic E-state index is 12.1. The lowest BCUT2D eigenvalue weighted by molar-refractivity contribution is -0.114. The van der Waals surface area contributed by atoms with E-state index in [2.05, 4.69) is 20.6 Å². The van der Waals surface area contributed by atoms with Gasteiger partial charge in [-0.25, -0.2) is 9.97 Å². The van der Waals surface area contributed by atoms with Crippen molar-refractivity contribution in [1.29, 1.82) is 0 Å². The van der Waals surface area contributed by atoms with Crippen molar-refractivity contribution in [3.63, 3.8) is 0 Å². The average Bonchev–Trinajstić information content (AvgIpc) is 2.60. The summed E-state index contributed by atoms with van der Waals surface area (Å²) < 4.78 is 5.08. The molecule has 2 N–H and O–H groups in total. The Kier molecular flexibility index (Phi) is 4.77. The number of ether oxygens (including phenoxy) is 1. The zero-order valence-electron chi connectivity index (χ0n) is 12.9. The number of halogens is 1. The maximum absolute atomic E-state index is 12.1. The minimum atomic E-state index is -0.209. The number of rotatable bonds is 5. The summed E-state index contributed by atoms with van der Waals surface area (Å²) in [6.07, 6.45) is 1.46. The lowest BCUT2D eigenvalue weighted by Gasteiger charge is -2.10. The van der Waals surface area contributed by atoms with Crippen LogP contribution >= 0.6 is 11.6 Å². The maximum Gasteiger partial charge on any atom is 0.243 e. The summed E-state index contributed by atoms with van der Waals surface area (Å²) >= 11 is 6.04. The Bertz CT molecular complexity index is 880. The number of nitrogens with one attached hydrogen (secondary N) is 2. The van der Waals surface area contributed by atoms with Crippen LogP contribution in [0.4, 0.5) is 11.5 Å². The van der Waals surface area contributed by atoms with Crippen LogP contribution in [0.2, 0.25) is 5.02 Å². The summed E-state index contributed by atoms with van der Waals surface area (Å²) in [7, 11) is 1.54. The van der Waals surface area contributed by atoms with Gasteiger partial charge in [-0.2, -0.15) is 0 Å². The molecule has 3 aromatic rings. The van der Waals surface area contributed by atoms with Crippen molar-refractivity contribution in [2.24, 2.45) is 0 Å². The van der Waals surface area contributed by atoms with Crippen molar-refractivity contribution >= 4 is 39.9 Å². The highest BCUT2D eigenvalue weighted by molar-refractivity contribution is 6.32. The van der Waals surface area contributed by atoms with E-state index in [0.29, 0.717) is 22.3 Å². The van der Waals surface area contributed by atoms with Crippen LogP contribution in [0.5, 0.6) is 5.75 Å². The number of aromatic nitrogens is 2. The Morgan fingerprint density at radius 3 is 2.83 bits per heavy atom. The van der Waals surface area contributed by atoms with E-state index in [1.807, 2.05) is 24.3 Å². The summed E-state index contributed by atoms with van der Waals surface area (Å²) in [5, 5.41) is 7.09. The molecule has 0 bridgehead atoms. The molecular formula is C17H15ClN4O2. The SMILES string of the molecule is COc1ccc(NC(=O)CNc2ncnc3ccccc23)cc1Cl. The highest BCUT2D eigenvalue weighted by Gasteiger charge is 2.08. The van der Waals surface area contributed by atoms with Crippen molar-refractivity contribution in [2.45, 2.75) is 0 Å². The second-order valence-electron chi connectivity index (χ2n) is 4.99. The highest BCUT2D eigenvalue weighted by atomic mass is 35.5. The molecule has 0 radical (unpaired) electrons. The van der Waals surface area contributed by atoms with Crippen LogP contribution < -0.4 is 15.4 Å². The lowest BCUT2D eigenvalue weighted by atomic mass is 10.2. The van der Waals surface area contributed by atoms with Gasteiger partial charge in [-0.15, -0.1) is 0 Å². The first-order valence-corrected chi connectivity index (χ1v) is 7.62. The Morgan fingerprint density at radius 2 is 2.04 bits per heavy atom. The molecule has 24 heavy (non-hydrogen) atoms. The first-order chi connectivity index (χ1) is 11.7. The molecule has 0 spiro atoms. The number of fused-ring (bicyclic) bond motifs is 1. The van der Waals surface area contributed by atoms with Crippen molar-refractivity contribution in [2.75, 3.05) is 24.3 Å². The molecule has 2 aromatic carbocycles. The van der Waals surface area contributed by atoms with Gasteiger partial charge in [0.25, 0.3) is 0 Å². The zero-order chi connectivity index (χ0) is 16.9. The van der Waals surface area contributed by atoms with Crippen LogP contribution in [0, 0.1) is 0 Å². The molecule has 122 valence electrons. The van der Waals surface area contributed by atoms with Gasteiger partial charge in [0, 0.05) is 11.1 Å².